The molecule has 0 aromatic carbocycles. The molecule has 12 heteroatoms. The number of aromatic nitrogens is 4. The lowest BCUT2D eigenvalue weighted by molar-refractivity contribution is -0.387. The quantitative estimate of drug-likeness (QED) is 0.394. The molecule has 10 nitrogen and oxygen atoms in total. The first-order chi connectivity index (χ1) is 9.76. The number of hydrogen-bond donors (Lipinski definition) is 1. The monoisotopic (exact) mass is 332 g/mol. The third-order valence-corrected chi connectivity index (χ3v) is 3.17. The van der Waals surface area contributed by atoms with Gasteiger partial charge in [-0.2, -0.15) is 5.10 Å². The van der Waals surface area contributed by atoms with E-state index in [1.165, 1.54) is 33.5 Å². The van der Waals surface area contributed by atoms with Crippen LogP contribution in [0, 0.1) is 24.9 Å². The molecule has 0 unspecified atom stereocenters. The maximum absolute atomic E-state index is 10.3. The summed E-state index contributed by atoms with van der Waals surface area (Å²) >= 11 is 5.90. The van der Waals surface area contributed by atoms with Crippen LogP contribution in [-0.2, 0) is 14.1 Å². The fraction of sp³-hybridized carbons (Fsp3) is 0.333. The van der Waals surface area contributed by atoms with E-state index in [9.17, 15) is 20.2 Å². The molecule has 0 saturated heterocycles. The number of hydrogen-bond acceptors (Lipinski definition) is 7. The van der Waals surface area contributed by atoms with Crippen LogP contribution in [0.15, 0.2) is 17.4 Å². The van der Waals surface area contributed by atoms with E-state index in [-0.39, 0.29) is 16.0 Å². The van der Waals surface area contributed by atoms with E-state index in [4.69, 9.17) is 0 Å². The summed E-state index contributed by atoms with van der Waals surface area (Å²) < 4.78 is 3.04. The van der Waals surface area contributed by atoms with Crippen molar-refractivity contribution in [3.63, 3.8) is 0 Å². The predicted molar refractivity (Wildman–Crippen MR) is 78.9 cm³/mol. The second-order valence-corrected chi connectivity index (χ2v) is 4.98. The second kappa shape index (κ2) is 6.99. The lowest BCUT2D eigenvalue weighted by Crippen LogP contribution is -1.86. The predicted octanol–water partition coefficient (Wildman–Crippen LogP) is 2.04. The molecule has 0 bridgehead atoms. The minimum absolute atomic E-state index is 0.0579. The number of aromatic amines is 1. The highest BCUT2D eigenvalue weighted by Gasteiger charge is 2.16. The lowest BCUT2D eigenvalue weighted by Gasteiger charge is -1.85. The van der Waals surface area contributed by atoms with Crippen LogP contribution in [0.3, 0.4) is 0 Å². The van der Waals surface area contributed by atoms with Crippen molar-refractivity contribution in [2.24, 2.45) is 14.1 Å². The van der Waals surface area contributed by atoms with E-state index in [1.807, 2.05) is 0 Å². The number of rotatable bonds is 3. The van der Waals surface area contributed by atoms with Gasteiger partial charge in [0, 0.05) is 14.1 Å². The van der Waals surface area contributed by atoms with Gasteiger partial charge in [0.2, 0.25) is 0 Å². The fourth-order valence-corrected chi connectivity index (χ4v) is 2.17. The summed E-state index contributed by atoms with van der Waals surface area (Å²) in [6, 6.07) is 0. The molecule has 0 aliphatic carbocycles. The summed E-state index contributed by atoms with van der Waals surface area (Å²) in [6.07, 6.45) is 4.49. The van der Waals surface area contributed by atoms with Crippen LogP contribution in [0.1, 0.15) is 0 Å². The standard InChI is InChI=1S/C5H7N3O2S.C4H5N3O2S/c1-7-3-4(8(9)10)5(6-7)11-2;1-6-2-3(7(8)9)4(10)5-6/h3H,1-2H3;2H,1H3,(H,5,10). The van der Waals surface area contributed by atoms with E-state index >= 15 is 0 Å². The summed E-state index contributed by atoms with van der Waals surface area (Å²) in [5.41, 5.74) is 0.0116. The largest absolute Gasteiger partial charge is 0.322 e. The Morgan fingerprint density at radius 2 is 1.81 bits per heavy atom. The van der Waals surface area contributed by atoms with Crippen molar-refractivity contribution < 1.29 is 9.85 Å². The third kappa shape index (κ3) is 4.39. The first kappa shape index (κ1) is 16.8. The molecule has 0 fully saturated rings. The molecule has 2 rings (SSSR count). The highest BCUT2D eigenvalue weighted by Crippen LogP contribution is 2.24. The van der Waals surface area contributed by atoms with E-state index in [1.54, 1.807) is 20.4 Å². The second-order valence-electron chi connectivity index (χ2n) is 3.78. The smallest absolute Gasteiger partial charge is 0.290 e. The molecule has 0 radical (unpaired) electrons. The SMILES string of the molecule is CSc1nn(C)cc1[N+](=O)[O-].Cn1cc([N+](=O)[O-])c(=S)[nH]1. The van der Waals surface area contributed by atoms with Gasteiger partial charge in [0.05, 0.1) is 9.85 Å². The van der Waals surface area contributed by atoms with E-state index in [2.05, 4.69) is 22.4 Å². The summed E-state index contributed by atoms with van der Waals surface area (Å²) in [4.78, 5) is 19.5. The van der Waals surface area contributed by atoms with Crippen LogP contribution < -0.4 is 0 Å². The molecule has 1 N–H and O–H groups in total. The van der Waals surface area contributed by atoms with Gasteiger partial charge in [-0.05, 0) is 6.26 Å². The van der Waals surface area contributed by atoms with Gasteiger partial charge in [-0.3, -0.25) is 34.7 Å². The molecule has 0 spiro atoms. The molecule has 0 atom stereocenters. The minimum atomic E-state index is -0.515. The molecule has 2 aromatic rings. The Bertz CT molecular complexity index is 718. The Balaban J connectivity index is 0.000000211. The topological polar surface area (TPSA) is 125 Å². The molecule has 114 valence electrons. The maximum Gasteiger partial charge on any atom is 0.322 e. The molecule has 2 heterocycles. The molecule has 0 amide bonds. The van der Waals surface area contributed by atoms with Gasteiger partial charge >= 0.3 is 11.4 Å². The Hall–Kier alpha value is -2.21. The zero-order valence-corrected chi connectivity index (χ0v) is 13.0. The number of H-pyrrole nitrogens is 1. The van der Waals surface area contributed by atoms with Crippen LogP contribution in [0.25, 0.3) is 0 Å². The average Bonchev–Trinajstić information content (AvgIpc) is 2.92. The van der Waals surface area contributed by atoms with Crippen molar-refractivity contribution in [2.45, 2.75) is 5.03 Å². The number of nitrogens with one attached hydrogen (secondary N) is 1. The highest BCUT2D eigenvalue weighted by atomic mass is 32.2. The third-order valence-electron chi connectivity index (χ3n) is 2.19. The normalized spacial score (nSPS) is 9.86. The molecule has 2 aromatic heterocycles. The van der Waals surface area contributed by atoms with Crippen molar-refractivity contribution in [2.75, 3.05) is 6.26 Å². The van der Waals surface area contributed by atoms with Gasteiger partial charge in [0.15, 0.2) is 9.67 Å². The van der Waals surface area contributed by atoms with Crippen molar-refractivity contribution in [3.05, 3.63) is 37.3 Å². The lowest BCUT2D eigenvalue weighted by atomic mass is 10.6. The van der Waals surface area contributed by atoms with Gasteiger partial charge in [-0.15, -0.1) is 11.8 Å². The Labute approximate surface area is 128 Å². The molecule has 0 aliphatic heterocycles. The van der Waals surface area contributed by atoms with Crippen molar-refractivity contribution in [1.82, 2.24) is 19.6 Å². The fourth-order valence-electron chi connectivity index (χ4n) is 1.35. The van der Waals surface area contributed by atoms with Gasteiger partial charge in [-0.25, -0.2) is 0 Å². The summed E-state index contributed by atoms with van der Waals surface area (Å²) in [7, 11) is 3.30. The summed E-state index contributed by atoms with van der Waals surface area (Å²) in [5, 5.41) is 27.4. The van der Waals surface area contributed by atoms with Crippen LogP contribution in [0.4, 0.5) is 11.4 Å². The summed E-state index contributed by atoms with van der Waals surface area (Å²) in [5.74, 6) is 0. The van der Waals surface area contributed by atoms with Gasteiger partial charge in [-0.1, -0.05) is 12.2 Å². The molecular weight excluding hydrogens is 320 g/mol. The Morgan fingerprint density at radius 1 is 1.24 bits per heavy atom. The first-order valence-electron chi connectivity index (χ1n) is 5.38. The van der Waals surface area contributed by atoms with E-state index in [0.29, 0.717) is 5.03 Å². The van der Waals surface area contributed by atoms with Crippen molar-refractivity contribution in [3.8, 4) is 0 Å². The highest BCUT2D eigenvalue weighted by molar-refractivity contribution is 7.98. The van der Waals surface area contributed by atoms with Crippen molar-refractivity contribution in [1.29, 1.82) is 0 Å². The van der Waals surface area contributed by atoms with Crippen LogP contribution in [0.2, 0.25) is 0 Å². The maximum atomic E-state index is 10.3. The van der Waals surface area contributed by atoms with Gasteiger partial charge in [0.1, 0.15) is 12.4 Å². The Morgan fingerprint density at radius 3 is 2.10 bits per heavy atom. The van der Waals surface area contributed by atoms with Crippen molar-refractivity contribution >= 4 is 35.4 Å². The first-order valence-corrected chi connectivity index (χ1v) is 7.01. The molecule has 0 aliphatic rings. The van der Waals surface area contributed by atoms with Crippen LogP contribution in [0.5, 0.6) is 0 Å². The van der Waals surface area contributed by atoms with E-state index < -0.39 is 9.85 Å². The average molecular weight is 332 g/mol. The van der Waals surface area contributed by atoms with Crippen LogP contribution >= 0.6 is 24.0 Å². The van der Waals surface area contributed by atoms with Crippen LogP contribution in [-0.4, -0.2) is 35.7 Å². The number of nitrogens with zero attached hydrogens (tertiary/aromatic N) is 5. The number of thioether (sulfide) groups is 1. The minimum Gasteiger partial charge on any atom is -0.290 e. The number of aryl methyl sites for hydroxylation is 2. The van der Waals surface area contributed by atoms with E-state index in [0.717, 1.165) is 0 Å². The molecule has 21 heavy (non-hydrogen) atoms. The molecular formula is C9H12N6O4S2. The zero-order valence-electron chi connectivity index (χ0n) is 11.3. The molecule has 0 saturated carbocycles. The Kier molecular flexibility index (Phi) is 5.60. The van der Waals surface area contributed by atoms with Gasteiger partial charge < -0.3 is 0 Å². The van der Waals surface area contributed by atoms with Gasteiger partial charge in [0.25, 0.3) is 0 Å². The number of nitro groups is 2. The zero-order chi connectivity index (χ0) is 16.2. The summed E-state index contributed by atoms with van der Waals surface area (Å²) in [6.45, 7) is 0.